The minimum atomic E-state index is -0.624. The SMILES string of the molecule is COc1ccccc1NC(=S)NNC(=O)CC(C=O)C(S)Nc1ccccc1. The van der Waals surface area contributed by atoms with Gasteiger partial charge in [-0.2, -0.15) is 12.6 Å². The number of hydrogen-bond acceptors (Lipinski definition) is 6. The molecule has 0 spiro atoms. The van der Waals surface area contributed by atoms with Crippen LogP contribution < -0.4 is 26.2 Å². The van der Waals surface area contributed by atoms with Gasteiger partial charge in [-0.05, 0) is 36.5 Å². The zero-order chi connectivity index (χ0) is 20.4. The number of anilines is 2. The third kappa shape index (κ3) is 6.75. The molecule has 0 aliphatic rings. The first-order valence-electron chi connectivity index (χ1n) is 8.47. The van der Waals surface area contributed by atoms with Crippen LogP contribution in [0.5, 0.6) is 5.75 Å². The van der Waals surface area contributed by atoms with Crippen molar-refractivity contribution < 1.29 is 14.3 Å². The molecule has 7 nitrogen and oxygen atoms in total. The molecule has 4 N–H and O–H groups in total. The summed E-state index contributed by atoms with van der Waals surface area (Å²) >= 11 is 9.55. The maximum Gasteiger partial charge on any atom is 0.239 e. The first kappa shape index (κ1) is 21.5. The van der Waals surface area contributed by atoms with Gasteiger partial charge in [0, 0.05) is 12.1 Å². The standard InChI is InChI=1S/C19H22N4O3S2/c1-26-16-10-6-5-9-15(16)21-19(28)23-22-17(25)11-13(12-24)18(27)20-14-7-3-2-4-8-14/h2-10,12-13,18,20,27H,11H2,1H3,(H,22,25)(H2,21,23,28). The van der Waals surface area contributed by atoms with Crippen molar-refractivity contribution in [2.75, 3.05) is 17.7 Å². The number of thiol groups is 1. The van der Waals surface area contributed by atoms with Crippen LogP contribution in [0.4, 0.5) is 11.4 Å². The van der Waals surface area contributed by atoms with E-state index in [4.69, 9.17) is 17.0 Å². The van der Waals surface area contributed by atoms with Crippen LogP contribution >= 0.6 is 24.8 Å². The Kier molecular flexibility index (Phi) is 8.57. The maximum atomic E-state index is 12.1. The number of hydrazine groups is 1. The first-order valence-corrected chi connectivity index (χ1v) is 9.39. The molecule has 2 aromatic carbocycles. The Hall–Kier alpha value is -2.78. The van der Waals surface area contributed by atoms with E-state index in [1.54, 1.807) is 19.2 Å². The van der Waals surface area contributed by atoms with E-state index in [2.05, 4.69) is 34.1 Å². The topological polar surface area (TPSA) is 91.5 Å². The summed E-state index contributed by atoms with van der Waals surface area (Å²) in [6.45, 7) is 0. The number of hydrogen-bond donors (Lipinski definition) is 5. The summed E-state index contributed by atoms with van der Waals surface area (Å²) in [5.74, 6) is -0.403. The van der Waals surface area contributed by atoms with Gasteiger partial charge >= 0.3 is 0 Å². The van der Waals surface area contributed by atoms with Gasteiger partial charge in [0.15, 0.2) is 5.11 Å². The molecule has 1 amide bonds. The fourth-order valence-corrected chi connectivity index (χ4v) is 2.83. The van der Waals surface area contributed by atoms with Crippen molar-refractivity contribution in [2.24, 2.45) is 5.92 Å². The Morgan fingerprint density at radius 1 is 1.14 bits per heavy atom. The van der Waals surface area contributed by atoms with Crippen LogP contribution in [0.15, 0.2) is 54.6 Å². The molecular formula is C19H22N4O3S2. The van der Waals surface area contributed by atoms with Gasteiger partial charge in [0.1, 0.15) is 12.0 Å². The van der Waals surface area contributed by atoms with Gasteiger partial charge in [-0.3, -0.25) is 15.6 Å². The molecule has 2 aromatic rings. The van der Waals surface area contributed by atoms with E-state index in [-0.39, 0.29) is 11.5 Å². The van der Waals surface area contributed by atoms with Crippen molar-refractivity contribution in [2.45, 2.75) is 11.8 Å². The Morgan fingerprint density at radius 2 is 1.82 bits per heavy atom. The van der Waals surface area contributed by atoms with Crippen LogP contribution in [-0.4, -0.2) is 29.8 Å². The summed E-state index contributed by atoms with van der Waals surface area (Å²) in [6, 6.07) is 16.6. The smallest absolute Gasteiger partial charge is 0.239 e. The van der Waals surface area contributed by atoms with Gasteiger partial charge in [0.25, 0.3) is 0 Å². The zero-order valence-electron chi connectivity index (χ0n) is 15.2. The number of ether oxygens (including phenoxy) is 1. The second kappa shape index (κ2) is 11.2. The predicted octanol–water partition coefficient (Wildman–Crippen LogP) is 2.59. The molecule has 2 rings (SSSR count). The van der Waals surface area contributed by atoms with Crippen molar-refractivity contribution in [1.82, 2.24) is 10.9 Å². The second-order valence-electron chi connectivity index (χ2n) is 5.79. The van der Waals surface area contributed by atoms with Crippen LogP contribution in [0, 0.1) is 5.92 Å². The highest BCUT2D eigenvalue weighted by molar-refractivity contribution is 7.81. The highest BCUT2D eigenvalue weighted by Gasteiger charge is 2.21. The molecule has 0 radical (unpaired) electrons. The number of benzene rings is 2. The highest BCUT2D eigenvalue weighted by atomic mass is 32.1. The molecule has 148 valence electrons. The van der Waals surface area contributed by atoms with Crippen LogP contribution in [0.1, 0.15) is 6.42 Å². The van der Waals surface area contributed by atoms with Crippen molar-refractivity contribution in [3.05, 3.63) is 54.6 Å². The number of carbonyl (C=O) groups is 2. The third-order valence-corrected chi connectivity index (χ3v) is 4.48. The Labute approximate surface area is 174 Å². The number of thiocarbonyl (C=S) groups is 1. The second-order valence-corrected chi connectivity index (χ2v) is 6.75. The van der Waals surface area contributed by atoms with E-state index in [1.807, 2.05) is 42.5 Å². The summed E-state index contributed by atoms with van der Waals surface area (Å²) in [5.41, 5.74) is 6.55. The molecule has 2 unspecified atom stereocenters. The average molecular weight is 419 g/mol. The molecular weight excluding hydrogens is 396 g/mol. The van der Waals surface area contributed by atoms with Gasteiger partial charge < -0.3 is 20.2 Å². The molecule has 28 heavy (non-hydrogen) atoms. The lowest BCUT2D eigenvalue weighted by Crippen LogP contribution is -2.45. The van der Waals surface area contributed by atoms with Crippen molar-refractivity contribution in [3.63, 3.8) is 0 Å². The highest BCUT2D eigenvalue weighted by Crippen LogP contribution is 2.22. The summed E-state index contributed by atoms with van der Waals surface area (Å²) < 4.78 is 5.22. The van der Waals surface area contributed by atoms with Gasteiger partial charge in [-0.15, -0.1) is 0 Å². The lowest BCUT2D eigenvalue weighted by Gasteiger charge is -2.20. The minimum absolute atomic E-state index is 0.0538. The number of nitrogens with one attached hydrogen (secondary N) is 4. The van der Waals surface area contributed by atoms with Gasteiger partial charge in [0.05, 0.1) is 24.1 Å². The molecule has 0 aliphatic carbocycles. The van der Waals surface area contributed by atoms with Gasteiger partial charge in [0.2, 0.25) is 5.91 Å². The Balaban J connectivity index is 1.81. The molecule has 0 saturated carbocycles. The number of para-hydroxylation sites is 3. The Morgan fingerprint density at radius 3 is 2.50 bits per heavy atom. The Bertz CT molecular complexity index is 805. The van der Waals surface area contributed by atoms with E-state index in [1.165, 1.54) is 0 Å². The molecule has 9 heteroatoms. The molecule has 0 heterocycles. The van der Waals surface area contributed by atoms with E-state index in [0.717, 1.165) is 5.69 Å². The maximum absolute atomic E-state index is 12.1. The third-order valence-electron chi connectivity index (χ3n) is 3.76. The summed E-state index contributed by atoms with van der Waals surface area (Å²) in [4.78, 5) is 23.5. The zero-order valence-corrected chi connectivity index (χ0v) is 16.9. The molecule has 0 bridgehead atoms. The monoisotopic (exact) mass is 418 g/mol. The number of rotatable bonds is 8. The molecule has 2 atom stereocenters. The number of amides is 1. The van der Waals surface area contributed by atoms with E-state index >= 15 is 0 Å². The lowest BCUT2D eigenvalue weighted by atomic mass is 10.1. The average Bonchev–Trinajstić information content (AvgIpc) is 2.71. The largest absolute Gasteiger partial charge is 0.495 e. The van der Waals surface area contributed by atoms with Crippen LogP contribution in [0.3, 0.4) is 0 Å². The van der Waals surface area contributed by atoms with Gasteiger partial charge in [-0.25, -0.2) is 0 Å². The predicted molar refractivity (Wildman–Crippen MR) is 118 cm³/mol. The molecule has 0 aromatic heterocycles. The lowest BCUT2D eigenvalue weighted by molar-refractivity contribution is -0.124. The molecule has 0 aliphatic heterocycles. The van der Waals surface area contributed by atoms with E-state index in [9.17, 15) is 9.59 Å². The summed E-state index contributed by atoms with van der Waals surface area (Å²) in [7, 11) is 1.55. The first-order chi connectivity index (χ1) is 13.5. The van der Waals surface area contributed by atoms with Crippen molar-refractivity contribution >= 4 is 53.5 Å². The quantitative estimate of drug-likeness (QED) is 0.148. The number of carbonyl (C=O) groups excluding carboxylic acids is 2. The van der Waals surface area contributed by atoms with Crippen molar-refractivity contribution in [1.29, 1.82) is 0 Å². The van der Waals surface area contributed by atoms with Crippen LogP contribution in [-0.2, 0) is 9.59 Å². The summed E-state index contributed by atoms with van der Waals surface area (Å²) in [5, 5.41) is 5.69. The fourth-order valence-electron chi connectivity index (χ4n) is 2.34. The van der Waals surface area contributed by atoms with Crippen molar-refractivity contribution in [3.8, 4) is 5.75 Å². The minimum Gasteiger partial charge on any atom is -0.495 e. The molecule has 0 saturated heterocycles. The molecule has 0 fully saturated rings. The van der Waals surface area contributed by atoms with E-state index < -0.39 is 17.2 Å². The normalized spacial score (nSPS) is 12.2. The number of methoxy groups -OCH3 is 1. The van der Waals surface area contributed by atoms with Gasteiger partial charge in [-0.1, -0.05) is 30.3 Å². The number of aldehydes is 1. The van der Waals surface area contributed by atoms with Crippen LogP contribution in [0.25, 0.3) is 0 Å². The van der Waals surface area contributed by atoms with Crippen LogP contribution in [0.2, 0.25) is 0 Å². The summed E-state index contributed by atoms with van der Waals surface area (Å²) in [6.07, 6.45) is 0.653. The fraction of sp³-hybridized carbons (Fsp3) is 0.211. The van der Waals surface area contributed by atoms with E-state index in [0.29, 0.717) is 17.7 Å².